The molecule has 0 amide bonds. The molecule has 3 unspecified atom stereocenters. The van der Waals surface area contributed by atoms with E-state index in [1.807, 2.05) is 19.9 Å². The van der Waals surface area contributed by atoms with Crippen molar-refractivity contribution in [2.24, 2.45) is 5.92 Å². The summed E-state index contributed by atoms with van der Waals surface area (Å²) in [7, 11) is 0. The number of carbonyl (C=O) groups is 2. The van der Waals surface area contributed by atoms with Gasteiger partial charge in [-0.15, -0.1) is 0 Å². The largest absolute Gasteiger partial charge is 0.472 e. The highest BCUT2D eigenvalue weighted by molar-refractivity contribution is 5.92. The Hall–Kier alpha value is -2.56. The number of hydrogen-bond donors (Lipinski definition) is 0. The third-order valence-electron chi connectivity index (χ3n) is 4.68. The predicted octanol–water partition coefficient (Wildman–Crippen LogP) is 3.98. The number of ether oxygens (including phenoxy) is 2. The van der Waals surface area contributed by atoms with Gasteiger partial charge in [0.1, 0.15) is 18.5 Å². The maximum atomic E-state index is 12.4. The van der Waals surface area contributed by atoms with Crippen LogP contribution in [0.3, 0.4) is 0 Å². The van der Waals surface area contributed by atoms with Gasteiger partial charge >= 0.3 is 11.9 Å². The number of esters is 2. The van der Waals surface area contributed by atoms with E-state index in [2.05, 4.69) is 12.7 Å². The Kier molecular flexibility index (Phi) is 4.93. The van der Waals surface area contributed by atoms with Gasteiger partial charge in [0, 0.05) is 12.0 Å². The minimum atomic E-state index is -0.523. The Morgan fingerprint density at radius 2 is 2.12 bits per heavy atom. The Morgan fingerprint density at radius 1 is 1.32 bits per heavy atom. The highest BCUT2D eigenvalue weighted by atomic mass is 16.6. The number of fused-ring (bicyclic) bond motifs is 1. The highest BCUT2D eigenvalue weighted by Gasteiger charge is 2.44. The minimum Gasteiger partial charge on any atom is -0.472 e. The second kappa shape index (κ2) is 7.13. The van der Waals surface area contributed by atoms with E-state index in [9.17, 15) is 9.59 Å². The quantitative estimate of drug-likeness (QED) is 0.462. The van der Waals surface area contributed by atoms with Crippen LogP contribution in [0.2, 0.25) is 0 Å². The number of allylic oxidation sites excluding steroid dienone is 2. The number of rotatable bonds is 2. The molecule has 1 aromatic heterocycles. The molecule has 1 saturated heterocycles. The van der Waals surface area contributed by atoms with E-state index < -0.39 is 24.1 Å². The summed E-state index contributed by atoms with van der Waals surface area (Å²) in [6.45, 7) is 7.91. The first-order valence-corrected chi connectivity index (χ1v) is 8.41. The molecule has 0 spiro atoms. The molecule has 2 aliphatic rings. The normalized spacial score (nSPS) is 27.0. The van der Waals surface area contributed by atoms with Crippen molar-refractivity contribution >= 4 is 11.9 Å². The van der Waals surface area contributed by atoms with Gasteiger partial charge in [-0.05, 0) is 38.8 Å². The van der Waals surface area contributed by atoms with Gasteiger partial charge in [0.15, 0.2) is 0 Å². The summed E-state index contributed by atoms with van der Waals surface area (Å²) in [6, 6.07) is 1.55. The van der Waals surface area contributed by atoms with Crippen molar-refractivity contribution in [3.63, 3.8) is 0 Å². The van der Waals surface area contributed by atoms with Crippen molar-refractivity contribution in [2.45, 2.75) is 45.3 Å². The average molecular weight is 342 g/mol. The van der Waals surface area contributed by atoms with Crippen molar-refractivity contribution in [2.75, 3.05) is 0 Å². The van der Waals surface area contributed by atoms with Gasteiger partial charge in [-0.3, -0.25) is 0 Å². The topological polar surface area (TPSA) is 65.7 Å². The molecule has 1 fully saturated rings. The molecule has 5 nitrogen and oxygen atoms in total. The van der Waals surface area contributed by atoms with Crippen LogP contribution in [0.1, 0.15) is 43.5 Å². The Morgan fingerprint density at radius 3 is 2.84 bits per heavy atom. The molecule has 0 radical (unpaired) electrons. The number of carbonyl (C=O) groups excluding carboxylic acids is 2. The first-order chi connectivity index (χ1) is 12.0. The van der Waals surface area contributed by atoms with Gasteiger partial charge in [0.05, 0.1) is 17.7 Å². The van der Waals surface area contributed by atoms with Gasteiger partial charge < -0.3 is 13.9 Å². The summed E-state index contributed by atoms with van der Waals surface area (Å²) >= 11 is 0. The summed E-state index contributed by atoms with van der Waals surface area (Å²) in [6.07, 6.45) is 8.24. The van der Waals surface area contributed by atoms with Crippen molar-refractivity contribution in [3.8, 4) is 0 Å². The van der Waals surface area contributed by atoms with Gasteiger partial charge in [-0.25, -0.2) is 9.59 Å². The lowest BCUT2D eigenvalue weighted by Crippen LogP contribution is -2.33. The Bertz CT molecular complexity index is 738. The molecule has 5 heteroatoms. The smallest absolute Gasteiger partial charge is 0.341 e. The molecule has 0 aromatic carbocycles. The summed E-state index contributed by atoms with van der Waals surface area (Å²) in [4.78, 5) is 24.5. The maximum Gasteiger partial charge on any atom is 0.341 e. The third kappa shape index (κ3) is 3.76. The average Bonchev–Trinajstić information content (AvgIpc) is 3.16. The fourth-order valence-corrected chi connectivity index (χ4v) is 3.32. The fraction of sp³-hybridized carbons (Fsp3) is 0.400. The van der Waals surface area contributed by atoms with Crippen LogP contribution in [0, 0.1) is 5.92 Å². The van der Waals surface area contributed by atoms with Crippen LogP contribution in [0.15, 0.2) is 58.5 Å². The molecular weight excluding hydrogens is 320 g/mol. The summed E-state index contributed by atoms with van der Waals surface area (Å²) in [5, 5.41) is 0. The summed E-state index contributed by atoms with van der Waals surface area (Å²) in [5.74, 6) is -1.29. The maximum absolute atomic E-state index is 12.4. The highest BCUT2D eigenvalue weighted by Crippen LogP contribution is 2.36. The zero-order valence-electron chi connectivity index (χ0n) is 14.5. The van der Waals surface area contributed by atoms with Crippen LogP contribution in [-0.4, -0.2) is 24.1 Å². The molecule has 0 bridgehead atoms. The van der Waals surface area contributed by atoms with E-state index in [4.69, 9.17) is 13.9 Å². The molecule has 3 atom stereocenters. The molecule has 1 aromatic rings. The lowest BCUT2D eigenvalue weighted by Gasteiger charge is -2.27. The van der Waals surface area contributed by atoms with Crippen LogP contribution in [-0.2, 0) is 14.3 Å². The van der Waals surface area contributed by atoms with Gasteiger partial charge in [0.2, 0.25) is 0 Å². The second-order valence-corrected chi connectivity index (χ2v) is 6.68. The zero-order chi connectivity index (χ0) is 18.0. The summed E-state index contributed by atoms with van der Waals surface area (Å²) in [5.41, 5.74) is 2.96. The van der Waals surface area contributed by atoms with E-state index >= 15 is 0 Å². The van der Waals surface area contributed by atoms with E-state index in [0.29, 0.717) is 17.6 Å². The van der Waals surface area contributed by atoms with Crippen LogP contribution in [0.4, 0.5) is 0 Å². The second-order valence-electron chi connectivity index (χ2n) is 6.68. The number of furan rings is 1. The van der Waals surface area contributed by atoms with Crippen LogP contribution < -0.4 is 0 Å². The lowest BCUT2D eigenvalue weighted by molar-refractivity contribution is -0.137. The predicted molar refractivity (Wildman–Crippen MR) is 91.8 cm³/mol. The standard InChI is InChI=1S/C20H22O5/c1-12-5-4-6-13(2)10-17(25-20(22)15-7-8-23-11-15)18-14(3)19(21)24-16(18)9-12/h6-9,11,16-18H,3-5,10H2,1-2H3. The number of hydrogen-bond acceptors (Lipinski definition) is 5. The SMILES string of the molecule is C=C1C(=O)OC2C=C(C)CCC=C(C)CC(OC(=O)c3ccoc3)C12. The lowest BCUT2D eigenvalue weighted by atomic mass is 9.85. The molecule has 132 valence electrons. The van der Waals surface area contributed by atoms with Gasteiger partial charge in [-0.1, -0.05) is 23.8 Å². The van der Waals surface area contributed by atoms with Crippen molar-refractivity contribution in [1.82, 2.24) is 0 Å². The zero-order valence-corrected chi connectivity index (χ0v) is 14.5. The van der Waals surface area contributed by atoms with E-state index in [1.165, 1.54) is 12.5 Å². The van der Waals surface area contributed by atoms with E-state index in [0.717, 1.165) is 24.0 Å². The Balaban J connectivity index is 1.93. The molecule has 1 aliphatic heterocycles. The molecule has 3 rings (SSSR count). The van der Waals surface area contributed by atoms with Crippen molar-refractivity contribution in [3.05, 3.63) is 59.6 Å². The molecular formula is C20H22O5. The van der Waals surface area contributed by atoms with E-state index in [1.54, 1.807) is 6.07 Å². The van der Waals surface area contributed by atoms with Crippen LogP contribution >= 0.6 is 0 Å². The molecule has 0 saturated carbocycles. The monoisotopic (exact) mass is 342 g/mol. The van der Waals surface area contributed by atoms with Crippen LogP contribution in [0.25, 0.3) is 0 Å². The first-order valence-electron chi connectivity index (χ1n) is 8.41. The van der Waals surface area contributed by atoms with E-state index in [-0.39, 0.29) is 5.92 Å². The van der Waals surface area contributed by atoms with Gasteiger partial charge in [-0.2, -0.15) is 0 Å². The molecule has 0 N–H and O–H groups in total. The van der Waals surface area contributed by atoms with Crippen molar-refractivity contribution in [1.29, 1.82) is 0 Å². The van der Waals surface area contributed by atoms with Gasteiger partial charge in [0.25, 0.3) is 0 Å². The van der Waals surface area contributed by atoms with Crippen molar-refractivity contribution < 1.29 is 23.5 Å². The summed E-state index contributed by atoms with van der Waals surface area (Å²) < 4.78 is 16.2. The first kappa shape index (κ1) is 17.3. The third-order valence-corrected chi connectivity index (χ3v) is 4.68. The molecule has 1 aliphatic carbocycles. The molecule has 2 heterocycles. The molecule has 25 heavy (non-hydrogen) atoms. The minimum absolute atomic E-state index is 0.345. The Labute approximate surface area is 147 Å². The van der Waals surface area contributed by atoms with Crippen LogP contribution in [0.5, 0.6) is 0 Å². The fourth-order valence-electron chi connectivity index (χ4n) is 3.32.